The third-order valence-electron chi connectivity index (χ3n) is 2.14. The van der Waals surface area contributed by atoms with E-state index < -0.39 is 0 Å². The van der Waals surface area contributed by atoms with Crippen LogP contribution >= 0.6 is 15.9 Å². The molecule has 0 aliphatic heterocycles. The molecule has 3 rings (SSSR count). The predicted octanol–water partition coefficient (Wildman–Crippen LogP) is 2.34. The first kappa shape index (κ1) is 8.67. The summed E-state index contributed by atoms with van der Waals surface area (Å²) in [6, 6.07) is 1.88. The summed E-state index contributed by atoms with van der Waals surface area (Å²) in [6.45, 7) is 0. The maximum absolute atomic E-state index is 4.25. The topological polar surface area (TPSA) is 51.6 Å². The van der Waals surface area contributed by atoms with E-state index in [2.05, 4.69) is 35.9 Å². The summed E-state index contributed by atoms with van der Waals surface area (Å²) in [6.07, 6.45) is 6.65. The molecule has 0 unspecified atom stereocenters. The molecule has 0 spiro atoms. The van der Waals surface area contributed by atoms with Crippen LogP contribution in [0.2, 0.25) is 0 Å². The largest absolute Gasteiger partial charge is 0.253 e. The smallest absolute Gasteiger partial charge is 0.105 e. The van der Waals surface area contributed by atoms with Crippen molar-refractivity contribution in [1.29, 1.82) is 0 Å². The van der Waals surface area contributed by atoms with Crippen LogP contribution in [-0.4, -0.2) is 19.9 Å². The monoisotopic (exact) mass is 260 g/mol. The Labute approximate surface area is 93.5 Å². The summed E-state index contributed by atoms with van der Waals surface area (Å²) in [7, 11) is 0. The molecule has 15 heavy (non-hydrogen) atoms. The maximum Gasteiger partial charge on any atom is 0.105 e. The average molecular weight is 261 g/mol. The van der Waals surface area contributed by atoms with E-state index >= 15 is 0 Å². The molecule has 0 saturated carbocycles. The summed E-state index contributed by atoms with van der Waals surface area (Å²) in [5.74, 6) is 0. The zero-order valence-electron chi connectivity index (χ0n) is 7.55. The van der Waals surface area contributed by atoms with E-state index in [-0.39, 0.29) is 0 Å². The van der Waals surface area contributed by atoms with E-state index in [0.717, 1.165) is 26.5 Å². The number of rotatable bonds is 0. The molecule has 0 saturated heterocycles. The Hall–Kier alpha value is -1.62. The number of nitrogens with zero attached hydrogens (tertiary/aromatic N) is 4. The van der Waals surface area contributed by atoms with Crippen molar-refractivity contribution in [3.8, 4) is 0 Å². The van der Waals surface area contributed by atoms with Gasteiger partial charge in [0.2, 0.25) is 0 Å². The molecule has 1 aromatic carbocycles. The molecule has 0 amide bonds. The van der Waals surface area contributed by atoms with Gasteiger partial charge in [-0.15, -0.1) is 0 Å². The average Bonchev–Trinajstić information content (AvgIpc) is 2.30. The Balaban J connectivity index is 2.60. The van der Waals surface area contributed by atoms with Crippen molar-refractivity contribution in [1.82, 2.24) is 19.9 Å². The van der Waals surface area contributed by atoms with Crippen molar-refractivity contribution in [3.05, 3.63) is 35.3 Å². The normalized spacial score (nSPS) is 11.0. The van der Waals surface area contributed by atoms with Crippen LogP contribution in [-0.2, 0) is 0 Å². The van der Waals surface area contributed by atoms with E-state index in [1.807, 2.05) is 6.07 Å². The van der Waals surface area contributed by atoms with Gasteiger partial charge in [-0.1, -0.05) is 0 Å². The Kier molecular flexibility index (Phi) is 1.85. The molecule has 2 heterocycles. The van der Waals surface area contributed by atoms with Crippen molar-refractivity contribution < 1.29 is 0 Å². The van der Waals surface area contributed by atoms with Crippen LogP contribution in [0.1, 0.15) is 0 Å². The lowest BCUT2D eigenvalue weighted by Gasteiger charge is -2.02. The summed E-state index contributed by atoms with van der Waals surface area (Å²) >= 11 is 3.48. The minimum Gasteiger partial charge on any atom is -0.253 e. The van der Waals surface area contributed by atoms with Crippen molar-refractivity contribution in [2.24, 2.45) is 0 Å². The fourth-order valence-corrected chi connectivity index (χ4v) is 2.10. The lowest BCUT2D eigenvalue weighted by Crippen LogP contribution is -1.89. The highest BCUT2D eigenvalue weighted by atomic mass is 79.9. The Bertz CT molecular complexity index is 599. The molecular weight excluding hydrogens is 256 g/mol. The van der Waals surface area contributed by atoms with Gasteiger partial charge in [-0.2, -0.15) is 0 Å². The quantitative estimate of drug-likeness (QED) is 0.583. The minimum absolute atomic E-state index is 0.811. The molecule has 0 fully saturated rings. The van der Waals surface area contributed by atoms with Gasteiger partial charge in [0.05, 0.1) is 15.5 Å². The van der Waals surface area contributed by atoms with Gasteiger partial charge in [-0.25, -0.2) is 0 Å². The molecule has 3 aromatic rings. The van der Waals surface area contributed by atoms with Gasteiger partial charge in [0, 0.05) is 24.8 Å². The standard InChI is InChI=1S/C10H5BrN4/c11-8-9-6(12-1-3-14-9)5-7-10(8)15-4-2-13-7/h1-5H. The zero-order valence-corrected chi connectivity index (χ0v) is 9.14. The zero-order chi connectivity index (χ0) is 10.3. The SMILES string of the molecule is Brc1c2nccnc2cc2nccnc12. The van der Waals surface area contributed by atoms with E-state index in [4.69, 9.17) is 0 Å². The number of hydrogen-bond acceptors (Lipinski definition) is 4. The van der Waals surface area contributed by atoms with Gasteiger partial charge >= 0.3 is 0 Å². The van der Waals surface area contributed by atoms with Crippen molar-refractivity contribution >= 4 is 38.0 Å². The minimum atomic E-state index is 0.811. The lowest BCUT2D eigenvalue weighted by atomic mass is 10.2. The fourth-order valence-electron chi connectivity index (χ4n) is 1.49. The number of aromatic nitrogens is 4. The Morgan fingerprint density at radius 1 is 0.733 bits per heavy atom. The van der Waals surface area contributed by atoms with Crippen LogP contribution in [0.3, 0.4) is 0 Å². The molecule has 0 aliphatic rings. The predicted molar refractivity (Wildman–Crippen MR) is 60.3 cm³/mol. The molecule has 4 nitrogen and oxygen atoms in total. The molecule has 2 aromatic heterocycles. The number of halogens is 1. The second-order valence-electron chi connectivity index (χ2n) is 3.04. The first-order valence-corrected chi connectivity index (χ1v) is 5.15. The van der Waals surface area contributed by atoms with Crippen LogP contribution in [0.25, 0.3) is 22.1 Å². The van der Waals surface area contributed by atoms with Gasteiger partial charge < -0.3 is 0 Å². The van der Waals surface area contributed by atoms with Crippen LogP contribution in [0.5, 0.6) is 0 Å². The second-order valence-corrected chi connectivity index (χ2v) is 3.83. The third-order valence-corrected chi connectivity index (χ3v) is 2.89. The Morgan fingerprint density at radius 2 is 1.20 bits per heavy atom. The summed E-state index contributed by atoms with van der Waals surface area (Å²) in [4.78, 5) is 17.0. The van der Waals surface area contributed by atoms with E-state index in [0.29, 0.717) is 0 Å². The van der Waals surface area contributed by atoms with Gasteiger partial charge in [0.25, 0.3) is 0 Å². The van der Waals surface area contributed by atoms with Crippen molar-refractivity contribution in [3.63, 3.8) is 0 Å². The van der Waals surface area contributed by atoms with E-state index in [1.165, 1.54) is 0 Å². The first-order valence-electron chi connectivity index (χ1n) is 4.36. The highest BCUT2D eigenvalue weighted by Crippen LogP contribution is 2.27. The number of fused-ring (bicyclic) bond motifs is 2. The molecule has 0 bridgehead atoms. The van der Waals surface area contributed by atoms with Crippen LogP contribution in [0.4, 0.5) is 0 Å². The first-order chi connectivity index (χ1) is 7.36. The summed E-state index contributed by atoms with van der Waals surface area (Å²) in [5.41, 5.74) is 3.26. The van der Waals surface area contributed by atoms with Gasteiger partial charge in [0.15, 0.2) is 0 Å². The maximum atomic E-state index is 4.25. The molecule has 0 atom stereocenters. The molecule has 0 radical (unpaired) electrons. The fraction of sp³-hybridized carbons (Fsp3) is 0. The summed E-state index contributed by atoms with van der Waals surface area (Å²) in [5, 5.41) is 0. The van der Waals surface area contributed by atoms with Gasteiger partial charge in [-0.05, 0) is 22.0 Å². The van der Waals surface area contributed by atoms with Crippen LogP contribution < -0.4 is 0 Å². The van der Waals surface area contributed by atoms with Crippen molar-refractivity contribution in [2.45, 2.75) is 0 Å². The van der Waals surface area contributed by atoms with Crippen LogP contribution in [0, 0.1) is 0 Å². The molecule has 5 heteroatoms. The van der Waals surface area contributed by atoms with Gasteiger partial charge in [0.1, 0.15) is 11.0 Å². The van der Waals surface area contributed by atoms with Gasteiger partial charge in [-0.3, -0.25) is 19.9 Å². The van der Waals surface area contributed by atoms with E-state index in [9.17, 15) is 0 Å². The number of benzene rings is 1. The highest BCUT2D eigenvalue weighted by molar-refractivity contribution is 9.10. The molecule has 72 valence electrons. The van der Waals surface area contributed by atoms with Crippen molar-refractivity contribution in [2.75, 3.05) is 0 Å². The molecular formula is C10H5BrN4. The second kappa shape index (κ2) is 3.20. The van der Waals surface area contributed by atoms with E-state index in [1.54, 1.807) is 24.8 Å². The molecule has 0 aliphatic carbocycles. The third kappa shape index (κ3) is 1.27. The highest BCUT2D eigenvalue weighted by Gasteiger charge is 2.07. The molecule has 0 N–H and O–H groups in total. The summed E-state index contributed by atoms with van der Waals surface area (Å²) < 4.78 is 0.844. The van der Waals surface area contributed by atoms with Crippen LogP contribution in [0.15, 0.2) is 35.3 Å². The number of hydrogen-bond donors (Lipinski definition) is 0. The lowest BCUT2D eigenvalue weighted by molar-refractivity contribution is 1.26. The Morgan fingerprint density at radius 3 is 1.73 bits per heavy atom.